The fraction of sp³-hybridized carbons (Fsp3) is 0.688. The van der Waals surface area contributed by atoms with Crippen LogP contribution in [0.4, 0.5) is 0 Å². The van der Waals surface area contributed by atoms with Gasteiger partial charge in [-0.15, -0.1) is 0 Å². The quantitative estimate of drug-likeness (QED) is 0.590. The van der Waals surface area contributed by atoms with Crippen molar-refractivity contribution in [2.24, 2.45) is 4.99 Å². The first-order valence-electron chi connectivity index (χ1n) is 8.50. The van der Waals surface area contributed by atoms with Gasteiger partial charge in [0.25, 0.3) is 5.56 Å². The van der Waals surface area contributed by atoms with E-state index in [1.165, 1.54) is 43.1 Å². The molecule has 2 N–H and O–H groups in total. The van der Waals surface area contributed by atoms with E-state index in [0.29, 0.717) is 24.4 Å². The molecule has 0 unspecified atom stereocenters. The van der Waals surface area contributed by atoms with Gasteiger partial charge in [0.15, 0.2) is 4.77 Å². The van der Waals surface area contributed by atoms with Crippen LogP contribution in [0.15, 0.2) is 9.79 Å². The first-order chi connectivity index (χ1) is 11.1. The van der Waals surface area contributed by atoms with Gasteiger partial charge in [-0.1, -0.05) is 0 Å². The maximum atomic E-state index is 12.4. The zero-order valence-electron chi connectivity index (χ0n) is 14.0. The van der Waals surface area contributed by atoms with Crippen LogP contribution in [-0.4, -0.2) is 46.6 Å². The smallest absolute Gasteiger partial charge is 0.267 e. The van der Waals surface area contributed by atoms with Crippen molar-refractivity contribution in [2.75, 3.05) is 26.2 Å². The summed E-state index contributed by atoms with van der Waals surface area (Å²) >= 11 is 5.26. The SMILES string of the molecule is CCn1c(O)c(C=NCC[NH+]2CCCCC2)c(=O)n(CC)c1=S. The van der Waals surface area contributed by atoms with Crippen molar-refractivity contribution in [1.82, 2.24) is 9.13 Å². The Balaban J connectivity index is 2.16. The molecule has 2 rings (SSSR count). The second-order valence-corrected chi connectivity index (χ2v) is 6.27. The van der Waals surface area contributed by atoms with Crippen molar-refractivity contribution in [3.8, 4) is 5.88 Å². The number of aliphatic imine (C=N–C) groups is 1. The summed E-state index contributed by atoms with van der Waals surface area (Å²) in [6, 6.07) is 0. The third-order valence-electron chi connectivity index (χ3n) is 4.44. The van der Waals surface area contributed by atoms with Crippen molar-refractivity contribution in [1.29, 1.82) is 0 Å². The number of hydrogen-bond acceptors (Lipinski definition) is 4. The molecule has 1 saturated heterocycles. The maximum Gasteiger partial charge on any atom is 0.267 e. The molecule has 0 aromatic carbocycles. The predicted molar refractivity (Wildman–Crippen MR) is 94.4 cm³/mol. The van der Waals surface area contributed by atoms with Crippen molar-refractivity contribution in [3.05, 3.63) is 20.7 Å². The largest absolute Gasteiger partial charge is 0.494 e. The lowest BCUT2D eigenvalue weighted by Gasteiger charge is -2.22. The first kappa shape index (κ1) is 17.9. The Bertz CT molecular complexity index is 672. The number of aromatic nitrogens is 2. The standard InChI is InChI=1S/C16H26N4O2S/c1-3-19-14(21)13(15(22)20(4-2)16(19)23)12-17-8-11-18-9-6-5-7-10-18/h12,21H,3-11H2,1-2H3/p+1. The molecule has 0 bridgehead atoms. The normalized spacial score (nSPS) is 16.3. The van der Waals surface area contributed by atoms with Crippen LogP contribution in [0.25, 0.3) is 0 Å². The molecule has 128 valence electrons. The third-order valence-corrected chi connectivity index (χ3v) is 4.88. The van der Waals surface area contributed by atoms with Crippen LogP contribution in [0.5, 0.6) is 5.88 Å². The topological polar surface area (TPSA) is 64.0 Å². The summed E-state index contributed by atoms with van der Waals surface area (Å²) < 4.78 is 3.42. The molecule has 0 spiro atoms. The van der Waals surface area contributed by atoms with Crippen molar-refractivity contribution >= 4 is 18.4 Å². The van der Waals surface area contributed by atoms with E-state index in [0.717, 1.165) is 6.54 Å². The second kappa shape index (κ2) is 8.40. The Kier molecular flexibility index (Phi) is 6.53. The van der Waals surface area contributed by atoms with Gasteiger partial charge in [-0.05, 0) is 45.3 Å². The number of nitrogens with one attached hydrogen (secondary N) is 1. The van der Waals surface area contributed by atoms with E-state index in [2.05, 4.69) is 4.99 Å². The van der Waals surface area contributed by atoms with Crippen molar-refractivity contribution in [3.63, 3.8) is 0 Å². The highest BCUT2D eigenvalue weighted by molar-refractivity contribution is 7.71. The van der Waals surface area contributed by atoms with E-state index in [1.54, 1.807) is 9.47 Å². The van der Waals surface area contributed by atoms with Gasteiger partial charge in [-0.25, -0.2) is 0 Å². The molecule has 1 fully saturated rings. The summed E-state index contributed by atoms with van der Waals surface area (Å²) in [7, 11) is 0. The molecule has 1 aromatic heterocycles. The van der Waals surface area contributed by atoms with Gasteiger partial charge >= 0.3 is 0 Å². The number of hydrogen-bond donors (Lipinski definition) is 2. The number of nitrogens with zero attached hydrogens (tertiary/aromatic N) is 3. The van der Waals surface area contributed by atoms with E-state index in [4.69, 9.17) is 12.2 Å². The van der Waals surface area contributed by atoms with Gasteiger partial charge in [0.2, 0.25) is 5.88 Å². The Morgan fingerprint density at radius 2 is 1.87 bits per heavy atom. The Morgan fingerprint density at radius 3 is 2.48 bits per heavy atom. The van der Waals surface area contributed by atoms with E-state index < -0.39 is 0 Å². The minimum Gasteiger partial charge on any atom is -0.494 e. The van der Waals surface area contributed by atoms with Crippen LogP contribution >= 0.6 is 12.2 Å². The highest BCUT2D eigenvalue weighted by atomic mass is 32.1. The molecule has 2 heterocycles. The molecule has 0 saturated carbocycles. The molecule has 1 aliphatic heterocycles. The molecule has 0 atom stereocenters. The number of likely N-dealkylation sites (tertiary alicyclic amines) is 1. The molecule has 7 heteroatoms. The third kappa shape index (κ3) is 4.09. The molecule has 0 amide bonds. The number of rotatable bonds is 6. The van der Waals surface area contributed by atoms with Crippen LogP contribution < -0.4 is 10.5 Å². The summed E-state index contributed by atoms with van der Waals surface area (Å²) in [5.41, 5.74) is -0.0373. The Hall–Kier alpha value is -1.47. The number of aromatic hydroxyl groups is 1. The number of quaternary nitrogens is 1. The van der Waals surface area contributed by atoms with E-state index in [9.17, 15) is 9.90 Å². The minimum atomic E-state index is -0.270. The van der Waals surface area contributed by atoms with Crippen molar-refractivity contribution < 1.29 is 10.0 Å². The lowest BCUT2D eigenvalue weighted by molar-refractivity contribution is -0.903. The van der Waals surface area contributed by atoms with Crippen LogP contribution in [0.3, 0.4) is 0 Å². The van der Waals surface area contributed by atoms with Gasteiger partial charge in [-0.2, -0.15) is 0 Å². The maximum absolute atomic E-state index is 12.4. The summed E-state index contributed by atoms with van der Waals surface area (Å²) in [5, 5.41) is 10.3. The molecular weight excluding hydrogens is 312 g/mol. The second-order valence-electron chi connectivity index (χ2n) is 5.91. The van der Waals surface area contributed by atoms with Crippen molar-refractivity contribution in [2.45, 2.75) is 46.2 Å². The van der Waals surface area contributed by atoms with Crippen LogP contribution in [0.2, 0.25) is 0 Å². The molecule has 0 radical (unpaired) electrons. The average Bonchev–Trinajstić information content (AvgIpc) is 2.56. The molecule has 23 heavy (non-hydrogen) atoms. The van der Waals surface area contributed by atoms with Gasteiger partial charge in [-0.3, -0.25) is 18.9 Å². The Morgan fingerprint density at radius 1 is 1.22 bits per heavy atom. The monoisotopic (exact) mass is 339 g/mol. The van der Waals surface area contributed by atoms with Crippen LogP contribution in [0.1, 0.15) is 38.7 Å². The van der Waals surface area contributed by atoms with E-state index in [1.807, 2.05) is 13.8 Å². The lowest BCUT2D eigenvalue weighted by Crippen LogP contribution is -3.13. The van der Waals surface area contributed by atoms with E-state index >= 15 is 0 Å². The van der Waals surface area contributed by atoms with Gasteiger partial charge in [0, 0.05) is 19.3 Å². The van der Waals surface area contributed by atoms with Crippen LogP contribution in [-0.2, 0) is 13.1 Å². The highest BCUT2D eigenvalue weighted by Crippen LogP contribution is 2.12. The summed E-state index contributed by atoms with van der Waals surface area (Å²) in [6.07, 6.45) is 5.42. The minimum absolute atomic E-state index is 0.0822. The predicted octanol–water partition coefficient (Wildman–Crippen LogP) is 0.612. The van der Waals surface area contributed by atoms with Gasteiger partial charge in [0.05, 0.1) is 26.2 Å². The molecule has 1 aromatic rings. The first-order valence-corrected chi connectivity index (χ1v) is 8.90. The van der Waals surface area contributed by atoms with Gasteiger partial charge < -0.3 is 10.0 Å². The molecular formula is C16H27N4O2S+. The fourth-order valence-corrected chi connectivity index (χ4v) is 3.49. The molecule has 0 aliphatic carbocycles. The average molecular weight is 339 g/mol. The zero-order valence-corrected chi connectivity index (χ0v) is 14.9. The molecule has 6 nitrogen and oxygen atoms in total. The number of piperidine rings is 1. The summed E-state index contributed by atoms with van der Waals surface area (Å²) in [5.74, 6) is -0.0822. The highest BCUT2D eigenvalue weighted by Gasteiger charge is 2.14. The lowest BCUT2D eigenvalue weighted by atomic mass is 10.1. The van der Waals surface area contributed by atoms with Gasteiger partial charge in [0.1, 0.15) is 5.56 Å². The zero-order chi connectivity index (χ0) is 16.8. The molecule has 1 aliphatic rings. The summed E-state index contributed by atoms with van der Waals surface area (Å²) in [4.78, 5) is 18.4. The Labute approximate surface area is 142 Å². The van der Waals surface area contributed by atoms with Crippen LogP contribution in [0, 0.1) is 4.77 Å². The fourth-order valence-electron chi connectivity index (χ4n) is 3.07. The summed E-state index contributed by atoms with van der Waals surface area (Å²) in [6.45, 7) is 8.83. The van der Waals surface area contributed by atoms with E-state index in [-0.39, 0.29) is 17.0 Å².